The molecule has 144 valence electrons. The summed E-state index contributed by atoms with van der Waals surface area (Å²) in [6.07, 6.45) is -0.521. The summed E-state index contributed by atoms with van der Waals surface area (Å²) in [6, 6.07) is 6.92. The molecule has 3 rings (SSSR count). The molecule has 2 N–H and O–H groups in total. The maximum absolute atomic E-state index is 14.5. The number of benzene rings is 1. The number of hydrogen-bond acceptors (Lipinski definition) is 6. The molecule has 6 nitrogen and oxygen atoms in total. The smallest absolute Gasteiger partial charge is 0.283 e. The fraction of sp³-hybridized carbons (Fsp3) is 0.263. The number of rotatable bonds is 4. The summed E-state index contributed by atoms with van der Waals surface area (Å²) in [7, 11) is 0. The number of nitriles is 1. The van der Waals surface area contributed by atoms with E-state index in [2.05, 4.69) is 9.98 Å². The first-order valence-electron chi connectivity index (χ1n) is 8.24. The Kier molecular flexibility index (Phi) is 5.29. The highest BCUT2D eigenvalue weighted by Gasteiger charge is 2.42. The molecule has 0 amide bonds. The van der Waals surface area contributed by atoms with E-state index >= 15 is 0 Å². The number of pyridine rings is 1. The lowest BCUT2D eigenvalue weighted by Gasteiger charge is -2.33. The number of hydrogen-bond donors (Lipinski definition) is 1. The maximum Gasteiger partial charge on any atom is 0.283 e. The second-order valence-corrected chi connectivity index (χ2v) is 6.86. The first-order chi connectivity index (χ1) is 13.2. The van der Waals surface area contributed by atoms with Crippen LogP contribution in [0.3, 0.4) is 0 Å². The van der Waals surface area contributed by atoms with Gasteiger partial charge >= 0.3 is 0 Å². The normalized spacial score (nSPS) is 21.4. The van der Waals surface area contributed by atoms with Gasteiger partial charge in [-0.15, -0.1) is 0 Å². The summed E-state index contributed by atoms with van der Waals surface area (Å²) < 4.78 is 33.8. The zero-order chi connectivity index (χ0) is 20.5. The first kappa shape index (κ1) is 19.7. The number of carbonyl (C=O) groups excluding carboxylic acids is 1. The van der Waals surface area contributed by atoms with Crippen LogP contribution in [0.25, 0.3) is 0 Å². The van der Waals surface area contributed by atoms with Gasteiger partial charge in [-0.3, -0.25) is 9.78 Å². The minimum Gasteiger partial charge on any atom is -0.462 e. The molecule has 9 heteroatoms. The minimum absolute atomic E-state index is 0.00514. The van der Waals surface area contributed by atoms with E-state index in [1.807, 2.05) is 6.07 Å². The van der Waals surface area contributed by atoms with Crippen molar-refractivity contribution in [3.05, 3.63) is 63.7 Å². The number of amidine groups is 1. The standard InChI is InChI=1S/C19H15ClF2N4O2/c1-19(16(22)9-28-18(24)26-19)12-4-10(2-3-14(12)21)6-15(27)17-13(20)5-11(7-23)8-25-17/h2-5,8,16H,6,9H2,1H3,(H2,24,26)/t16-,19-/m1/s1. The second kappa shape index (κ2) is 7.52. The number of halogens is 3. The molecule has 0 aliphatic carbocycles. The van der Waals surface area contributed by atoms with Crippen LogP contribution >= 0.6 is 11.6 Å². The fourth-order valence-electron chi connectivity index (χ4n) is 2.92. The Morgan fingerprint density at radius 2 is 2.25 bits per heavy atom. The van der Waals surface area contributed by atoms with Gasteiger partial charge in [0, 0.05) is 18.2 Å². The van der Waals surface area contributed by atoms with Gasteiger partial charge in [0.1, 0.15) is 29.7 Å². The molecule has 1 aromatic heterocycles. The fourth-order valence-corrected chi connectivity index (χ4v) is 3.20. The predicted octanol–water partition coefficient (Wildman–Crippen LogP) is 3.07. The number of ketones is 1. The Morgan fingerprint density at radius 3 is 2.93 bits per heavy atom. The molecule has 0 radical (unpaired) electrons. The summed E-state index contributed by atoms with van der Waals surface area (Å²) in [5.74, 6) is -1.10. The summed E-state index contributed by atoms with van der Waals surface area (Å²) in [4.78, 5) is 20.4. The molecule has 2 heterocycles. The molecule has 2 atom stereocenters. The Morgan fingerprint density at radius 1 is 1.50 bits per heavy atom. The third kappa shape index (κ3) is 3.66. The minimum atomic E-state index is -1.62. The Bertz CT molecular complexity index is 1020. The zero-order valence-corrected chi connectivity index (χ0v) is 15.5. The number of Topliss-reactive ketones (excluding diaryl/α,β-unsaturated/α-hetero) is 1. The number of nitrogens with zero attached hydrogens (tertiary/aromatic N) is 3. The van der Waals surface area contributed by atoms with Crippen molar-refractivity contribution in [2.24, 2.45) is 10.7 Å². The highest BCUT2D eigenvalue weighted by atomic mass is 35.5. The van der Waals surface area contributed by atoms with E-state index in [0.29, 0.717) is 5.56 Å². The van der Waals surface area contributed by atoms with Crippen LogP contribution in [-0.2, 0) is 16.7 Å². The van der Waals surface area contributed by atoms with Crippen molar-refractivity contribution in [2.75, 3.05) is 6.61 Å². The third-order valence-corrected chi connectivity index (χ3v) is 4.79. The van der Waals surface area contributed by atoms with E-state index < -0.39 is 23.3 Å². The van der Waals surface area contributed by atoms with Gasteiger partial charge < -0.3 is 10.5 Å². The SMILES string of the molecule is C[C@]1(c2cc(CC(=O)c3ncc(C#N)cc3Cl)ccc2F)N=C(N)OC[C@H]1F. The number of carbonyl (C=O) groups is 1. The van der Waals surface area contributed by atoms with Crippen LogP contribution < -0.4 is 5.73 Å². The largest absolute Gasteiger partial charge is 0.462 e. The molecular weight excluding hydrogens is 390 g/mol. The van der Waals surface area contributed by atoms with E-state index in [1.165, 1.54) is 31.3 Å². The van der Waals surface area contributed by atoms with Gasteiger partial charge in [-0.25, -0.2) is 13.8 Å². The molecule has 0 saturated carbocycles. The monoisotopic (exact) mass is 404 g/mol. The molecule has 1 aromatic carbocycles. The lowest BCUT2D eigenvalue weighted by molar-refractivity contribution is 0.0921. The van der Waals surface area contributed by atoms with Crippen LogP contribution in [0.4, 0.5) is 8.78 Å². The highest BCUT2D eigenvalue weighted by molar-refractivity contribution is 6.33. The summed E-state index contributed by atoms with van der Waals surface area (Å²) in [5, 5.41) is 8.89. The van der Waals surface area contributed by atoms with Crippen molar-refractivity contribution < 1.29 is 18.3 Å². The summed E-state index contributed by atoms with van der Waals surface area (Å²) in [5.41, 5.74) is 4.58. The van der Waals surface area contributed by atoms with Crippen molar-refractivity contribution in [2.45, 2.75) is 25.1 Å². The van der Waals surface area contributed by atoms with E-state index in [0.717, 1.165) is 6.07 Å². The number of alkyl halides is 1. The molecule has 0 saturated heterocycles. The van der Waals surface area contributed by atoms with E-state index in [-0.39, 0.29) is 40.9 Å². The van der Waals surface area contributed by atoms with Gasteiger partial charge in [0.15, 0.2) is 12.0 Å². The molecule has 0 fully saturated rings. The second-order valence-electron chi connectivity index (χ2n) is 6.46. The topological polar surface area (TPSA) is 101 Å². The molecule has 2 aromatic rings. The van der Waals surface area contributed by atoms with Crippen molar-refractivity contribution in [3.8, 4) is 6.07 Å². The van der Waals surface area contributed by atoms with E-state index in [9.17, 15) is 13.6 Å². The number of nitrogens with two attached hydrogens (primary N) is 1. The summed E-state index contributed by atoms with van der Waals surface area (Å²) in [6.45, 7) is 1.06. The van der Waals surface area contributed by atoms with Gasteiger partial charge in [-0.2, -0.15) is 5.26 Å². The van der Waals surface area contributed by atoms with E-state index in [4.69, 9.17) is 27.3 Å². The lowest BCUT2D eigenvalue weighted by Crippen LogP contribution is -2.43. The lowest BCUT2D eigenvalue weighted by atomic mass is 9.85. The van der Waals surface area contributed by atoms with Gasteiger partial charge in [0.25, 0.3) is 6.02 Å². The van der Waals surface area contributed by atoms with Crippen molar-refractivity contribution >= 4 is 23.4 Å². The Hall–Kier alpha value is -3.05. The van der Waals surface area contributed by atoms with Crippen LogP contribution in [0.15, 0.2) is 35.5 Å². The Balaban J connectivity index is 1.93. The molecule has 1 aliphatic heterocycles. The molecule has 0 unspecified atom stereocenters. The molecule has 28 heavy (non-hydrogen) atoms. The Labute approximate surface area is 164 Å². The molecular formula is C19H15ClF2N4O2. The van der Waals surface area contributed by atoms with Crippen LogP contribution in [-0.4, -0.2) is 29.6 Å². The molecule has 0 spiro atoms. The highest BCUT2D eigenvalue weighted by Crippen LogP contribution is 2.36. The number of ether oxygens (including phenoxy) is 1. The molecule has 1 aliphatic rings. The van der Waals surface area contributed by atoms with Gasteiger partial charge in [0.2, 0.25) is 0 Å². The van der Waals surface area contributed by atoms with Crippen LogP contribution in [0.5, 0.6) is 0 Å². The van der Waals surface area contributed by atoms with Crippen molar-refractivity contribution in [1.82, 2.24) is 4.98 Å². The van der Waals surface area contributed by atoms with Crippen LogP contribution in [0.1, 0.15) is 34.1 Å². The van der Waals surface area contributed by atoms with E-state index in [1.54, 1.807) is 0 Å². The van der Waals surface area contributed by atoms with Gasteiger partial charge in [-0.1, -0.05) is 17.7 Å². The van der Waals surface area contributed by atoms with Crippen LogP contribution in [0, 0.1) is 17.1 Å². The average Bonchev–Trinajstić information content (AvgIpc) is 2.66. The van der Waals surface area contributed by atoms with Crippen molar-refractivity contribution in [3.63, 3.8) is 0 Å². The average molecular weight is 405 g/mol. The quantitative estimate of drug-likeness (QED) is 0.789. The van der Waals surface area contributed by atoms with Crippen LogP contribution in [0.2, 0.25) is 5.02 Å². The number of aliphatic imine (C=N–C) groups is 1. The van der Waals surface area contributed by atoms with Crippen molar-refractivity contribution in [1.29, 1.82) is 5.26 Å². The maximum atomic E-state index is 14.5. The predicted molar refractivity (Wildman–Crippen MR) is 98.2 cm³/mol. The molecule has 0 bridgehead atoms. The third-order valence-electron chi connectivity index (χ3n) is 4.51. The summed E-state index contributed by atoms with van der Waals surface area (Å²) >= 11 is 6.02. The number of aromatic nitrogens is 1. The zero-order valence-electron chi connectivity index (χ0n) is 14.7. The van der Waals surface area contributed by atoms with Gasteiger partial charge in [0.05, 0.1) is 10.6 Å². The van der Waals surface area contributed by atoms with Gasteiger partial charge in [-0.05, 0) is 30.7 Å². The first-order valence-corrected chi connectivity index (χ1v) is 8.62.